The van der Waals surface area contributed by atoms with Crippen molar-refractivity contribution in [1.29, 1.82) is 0 Å². The molecule has 7 heteroatoms. The second-order valence-corrected chi connectivity index (χ2v) is 7.67. The van der Waals surface area contributed by atoms with Crippen LogP contribution < -0.4 is 10.6 Å². The lowest BCUT2D eigenvalue weighted by Gasteiger charge is -2.43. The second kappa shape index (κ2) is 11.9. The van der Waals surface area contributed by atoms with Gasteiger partial charge in [0.1, 0.15) is 0 Å². The molecule has 0 aliphatic heterocycles. The normalized spacial score (nSPS) is 14.8. The number of benzene rings is 1. The van der Waals surface area contributed by atoms with Gasteiger partial charge in [-0.3, -0.25) is 14.8 Å². The van der Waals surface area contributed by atoms with Crippen LogP contribution in [0, 0.1) is 0 Å². The number of nitrogens with zero attached hydrogens (tertiary/aromatic N) is 3. The SMILES string of the molecule is CN=C(NCC(=O)N(C)CCc1ccccn1)NCC1(c2ccccc2)CCC1.I. The molecule has 1 aliphatic carbocycles. The molecule has 1 saturated carbocycles. The molecular weight excluding hydrogens is 489 g/mol. The first kappa shape index (κ1) is 24.1. The van der Waals surface area contributed by atoms with Crippen LogP contribution in [0.5, 0.6) is 0 Å². The molecule has 30 heavy (non-hydrogen) atoms. The molecule has 1 aliphatic rings. The summed E-state index contributed by atoms with van der Waals surface area (Å²) in [6.45, 7) is 1.68. The summed E-state index contributed by atoms with van der Waals surface area (Å²) in [4.78, 5) is 22.7. The van der Waals surface area contributed by atoms with Crippen molar-refractivity contribution >= 4 is 35.8 Å². The molecule has 1 heterocycles. The lowest BCUT2D eigenvalue weighted by molar-refractivity contribution is -0.128. The van der Waals surface area contributed by atoms with Gasteiger partial charge in [0.25, 0.3) is 0 Å². The molecule has 162 valence electrons. The van der Waals surface area contributed by atoms with Gasteiger partial charge < -0.3 is 15.5 Å². The minimum atomic E-state index is 0. The highest BCUT2D eigenvalue weighted by molar-refractivity contribution is 14.0. The average Bonchev–Trinajstić information content (AvgIpc) is 2.74. The van der Waals surface area contributed by atoms with Gasteiger partial charge in [-0.2, -0.15) is 0 Å². The fourth-order valence-electron chi connectivity index (χ4n) is 3.68. The number of rotatable bonds is 8. The Morgan fingerprint density at radius 2 is 1.87 bits per heavy atom. The van der Waals surface area contributed by atoms with Crippen molar-refractivity contribution in [2.24, 2.45) is 4.99 Å². The Labute approximate surface area is 196 Å². The molecule has 0 bridgehead atoms. The van der Waals surface area contributed by atoms with E-state index < -0.39 is 0 Å². The first-order valence-corrected chi connectivity index (χ1v) is 10.3. The Bertz CT molecular complexity index is 809. The fourth-order valence-corrected chi connectivity index (χ4v) is 3.68. The van der Waals surface area contributed by atoms with Crippen LogP contribution in [0.1, 0.15) is 30.5 Å². The number of pyridine rings is 1. The number of carbonyl (C=O) groups is 1. The molecule has 0 unspecified atom stereocenters. The summed E-state index contributed by atoms with van der Waals surface area (Å²) in [5, 5.41) is 6.57. The van der Waals surface area contributed by atoms with E-state index in [1.807, 2.05) is 25.2 Å². The highest BCUT2D eigenvalue weighted by atomic mass is 127. The van der Waals surface area contributed by atoms with E-state index in [9.17, 15) is 4.79 Å². The Hall–Kier alpha value is -2.16. The van der Waals surface area contributed by atoms with Crippen molar-refractivity contribution < 1.29 is 4.79 Å². The van der Waals surface area contributed by atoms with E-state index in [0.717, 1.165) is 18.7 Å². The van der Waals surface area contributed by atoms with Crippen LogP contribution in [0.4, 0.5) is 0 Å². The molecule has 0 atom stereocenters. The zero-order valence-electron chi connectivity index (χ0n) is 17.8. The van der Waals surface area contributed by atoms with E-state index in [2.05, 4.69) is 50.9 Å². The molecule has 1 aromatic heterocycles. The van der Waals surface area contributed by atoms with Crippen molar-refractivity contribution in [1.82, 2.24) is 20.5 Å². The van der Waals surface area contributed by atoms with Crippen LogP contribution in [-0.2, 0) is 16.6 Å². The topological polar surface area (TPSA) is 69.6 Å². The smallest absolute Gasteiger partial charge is 0.241 e. The number of hydrogen-bond donors (Lipinski definition) is 2. The van der Waals surface area contributed by atoms with Crippen LogP contribution in [-0.4, -0.2) is 55.5 Å². The molecule has 2 aromatic rings. The number of halogens is 1. The molecule has 1 fully saturated rings. The first-order chi connectivity index (χ1) is 14.1. The number of aromatic nitrogens is 1. The summed E-state index contributed by atoms with van der Waals surface area (Å²) in [7, 11) is 3.56. The molecule has 0 radical (unpaired) electrons. The van der Waals surface area contributed by atoms with Gasteiger partial charge in [-0.15, -0.1) is 24.0 Å². The van der Waals surface area contributed by atoms with Crippen LogP contribution >= 0.6 is 24.0 Å². The third-order valence-electron chi connectivity index (χ3n) is 5.78. The van der Waals surface area contributed by atoms with E-state index in [1.165, 1.54) is 24.8 Å². The predicted molar refractivity (Wildman–Crippen MR) is 132 cm³/mol. The maximum atomic E-state index is 12.4. The van der Waals surface area contributed by atoms with E-state index in [-0.39, 0.29) is 41.8 Å². The van der Waals surface area contributed by atoms with Crippen LogP contribution in [0.15, 0.2) is 59.7 Å². The number of likely N-dealkylation sites (N-methyl/N-ethyl adjacent to an activating group) is 1. The lowest BCUT2D eigenvalue weighted by atomic mass is 9.64. The number of nitrogens with one attached hydrogen (secondary N) is 2. The average molecular weight is 521 g/mol. The molecule has 1 amide bonds. The maximum Gasteiger partial charge on any atom is 0.241 e. The van der Waals surface area contributed by atoms with Crippen molar-refractivity contribution in [3.05, 3.63) is 66.0 Å². The summed E-state index contributed by atoms with van der Waals surface area (Å²) in [5.41, 5.74) is 2.53. The molecule has 2 N–H and O–H groups in total. The van der Waals surface area contributed by atoms with Gasteiger partial charge in [0, 0.05) is 50.9 Å². The zero-order chi connectivity index (χ0) is 20.5. The standard InChI is InChI=1S/C23H31N5O.HI/c1-24-22(27-18-23(13-8-14-23)19-9-4-3-5-10-19)26-17-21(29)28(2)16-12-20-11-6-7-15-25-20;/h3-7,9-11,15H,8,12-14,16-18H2,1-2H3,(H2,24,26,27);1H. The quantitative estimate of drug-likeness (QED) is 0.319. The van der Waals surface area contributed by atoms with Crippen molar-refractivity contribution in [3.63, 3.8) is 0 Å². The Balaban J connectivity index is 0.00000320. The number of amides is 1. The van der Waals surface area contributed by atoms with E-state index in [1.54, 1.807) is 18.1 Å². The van der Waals surface area contributed by atoms with Crippen LogP contribution in [0.25, 0.3) is 0 Å². The van der Waals surface area contributed by atoms with Gasteiger partial charge in [-0.25, -0.2) is 0 Å². The summed E-state index contributed by atoms with van der Waals surface area (Å²) in [6, 6.07) is 16.5. The lowest BCUT2D eigenvalue weighted by Crippen LogP contribution is -2.50. The third kappa shape index (κ3) is 6.42. The summed E-state index contributed by atoms with van der Waals surface area (Å²) < 4.78 is 0. The molecule has 1 aromatic carbocycles. The molecule has 6 nitrogen and oxygen atoms in total. The van der Waals surface area contributed by atoms with Gasteiger partial charge in [0.15, 0.2) is 5.96 Å². The van der Waals surface area contributed by atoms with E-state index >= 15 is 0 Å². The zero-order valence-corrected chi connectivity index (χ0v) is 20.1. The molecule has 0 spiro atoms. The van der Waals surface area contributed by atoms with Crippen molar-refractivity contribution in [3.8, 4) is 0 Å². The Morgan fingerprint density at radius 3 is 2.47 bits per heavy atom. The van der Waals surface area contributed by atoms with Gasteiger partial charge in [-0.1, -0.05) is 42.8 Å². The van der Waals surface area contributed by atoms with E-state index in [4.69, 9.17) is 0 Å². The minimum Gasteiger partial charge on any atom is -0.356 e. The van der Waals surface area contributed by atoms with Gasteiger partial charge in [0.05, 0.1) is 6.54 Å². The van der Waals surface area contributed by atoms with Crippen molar-refractivity contribution in [2.75, 3.05) is 33.7 Å². The molecule has 3 rings (SSSR count). The molecule has 0 saturated heterocycles. The Kier molecular flexibility index (Phi) is 9.55. The van der Waals surface area contributed by atoms with Crippen molar-refractivity contribution in [2.45, 2.75) is 31.1 Å². The largest absolute Gasteiger partial charge is 0.356 e. The predicted octanol–water partition coefficient (Wildman–Crippen LogP) is 2.99. The van der Waals surface area contributed by atoms with Gasteiger partial charge in [0.2, 0.25) is 5.91 Å². The molecular formula is C23H32IN5O. The highest BCUT2D eigenvalue weighted by Gasteiger charge is 2.38. The Morgan fingerprint density at radius 1 is 1.13 bits per heavy atom. The first-order valence-electron chi connectivity index (χ1n) is 10.3. The van der Waals surface area contributed by atoms with E-state index in [0.29, 0.717) is 12.5 Å². The van der Waals surface area contributed by atoms with Crippen LogP contribution in [0.2, 0.25) is 0 Å². The third-order valence-corrected chi connectivity index (χ3v) is 5.78. The second-order valence-electron chi connectivity index (χ2n) is 7.67. The monoisotopic (exact) mass is 521 g/mol. The maximum absolute atomic E-state index is 12.4. The van der Waals surface area contributed by atoms with Crippen LogP contribution in [0.3, 0.4) is 0 Å². The fraction of sp³-hybridized carbons (Fsp3) is 0.435. The summed E-state index contributed by atoms with van der Waals surface area (Å²) in [6.07, 6.45) is 6.13. The highest BCUT2D eigenvalue weighted by Crippen LogP contribution is 2.43. The van der Waals surface area contributed by atoms with Gasteiger partial charge >= 0.3 is 0 Å². The number of carbonyl (C=O) groups excluding carboxylic acids is 1. The number of guanidine groups is 1. The van der Waals surface area contributed by atoms with Gasteiger partial charge in [-0.05, 0) is 30.5 Å². The number of aliphatic imine (C=N–C) groups is 1. The summed E-state index contributed by atoms with van der Waals surface area (Å²) >= 11 is 0. The summed E-state index contributed by atoms with van der Waals surface area (Å²) in [5.74, 6) is 0.698. The number of hydrogen-bond acceptors (Lipinski definition) is 3. The minimum absolute atomic E-state index is 0.